The number of hydrogen-bond acceptors (Lipinski definition) is 5. The van der Waals surface area contributed by atoms with Crippen molar-refractivity contribution in [2.75, 3.05) is 11.9 Å². The summed E-state index contributed by atoms with van der Waals surface area (Å²) in [4.78, 5) is 24.3. The Balaban J connectivity index is 1.79. The number of thiocyanates is 1. The Hall–Kier alpha value is -2.26. The van der Waals surface area contributed by atoms with Crippen LogP contribution in [0.1, 0.15) is 24.8 Å². The van der Waals surface area contributed by atoms with E-state index in [9.17, 15) is 9.59 Å². The smallest absolute Gasteiger partial charge is 0.306 e. The van der Waals surface area contributed by atoms with Crippen LogP contribution >= 0.6 is 11.8 Å². The number of carbonyl (C=O) groups is 2. The molecule has 0 fully saturated rings. The van der Waals surface area contributed by atoms with Crippen LogP contribution in [0.3, 0.4) is 0 Å². The molecule has 1 atom stereocenters. The number of carbonyl (C=O) groups excluding carboxylic acids is 2. The zero-order valence-corrected chi connectivity index (χ0v) is 13.7. The van der Waals surface area contributed by atoms with E-state index in [1.807, 2.05) is 24.5 Å². The molecule has 0 saturated heterocycles. The average Bonchev–Trinajstić information content (AvgIpc) is 3.01. The number of aryl methyl sites for hydroxylation is 1. The third-order valence-electron chi connectivity index (χ3n) is 3.54. The summed E-state index contributed by atoms with van der Waals surface area (Å²) in [7, 11) is 0. The number of anilines is 1. The number of benzene rings is 1. The molecule has 2 rings (SSSR count). The number of ether oxygens (including phenoxy) is 1. The van der Waals surface area contributed by atoms with Gasteiger partial charge in [0, 0.05) is 10.6 Å². The van der Waals surface area contributed by atoms with Gasteiger partial charge in [0.05, 0.1) is 6.42 Å². The van der Waals surface area contributed by atoms with Gasteiger partial charge in [-0.2, -0.15) is 5.26 Å². The summed E-state index contributed by atoms with van der Waals surface area (Å²) < 4.78 is 5.01. The topological polar surface area (TPSA) is 79.2 Å². The first-order valence-corrected chi connectivity index (χ1v) is 8.19. The Morgan fingerprint density at radius 1 is 1.48 bits per heavy atom. The molecular weight excluding hydrogens is 312 g/mol. The lowest BCUT2D eigenvalue weighted by molar-refractivity contribution is -0.147. The number of thioether (sulfide) groups is 1. The van der Waals surface area contributed by atoms with Crippen LogP contribution in [-0.4, -0.2) is 18.5 Å². The van der Waals surface area contributed by atoms with Crippen molar-refractivity contribution in [3.8, 4) is 5.40 Å². The van der Waals surface area contributed by atoms with E-state index in [4.69, 9.17) is 10.00 Å². The van der Waals surface area contributed by atoms with Crippen molar-refractivity contribution in [3.05, 3.63) is 35.9 Å². The number of esters is 1. The van der Waals surface area contributed by atoms with Crippen molar-refractivity contribution in [3.63, 3.8) is 0 Å². The predicted octanol–water partition coefficient (Wildman–Crippen LogP) is 3.41. The van der Waals surface area contributed by atoms with Crippen molar-refractivity contribution in [2.24, 2.45) is 5.92 Å². The van der Waals surface area contributed by atoms with Gasteiger partial charge in [0.15, 0.2) is 6.61 Å². The number of hydrogen-bond donors (Lipinski definition) is 1. The molecule has 0 spiro atoms. The Labute approximate surface area is 139 Å². The van der Waals surface area contributed by atoms with Crippen LogP contribution < -0.4 is 5.32 Å². The highest BCUT2D eigenvalue weighted by Crippen LogP contribution is 2.23. The molecule has 23 heavy (non-hydrogen) atoms. The molecule has 1 aliphatic carbocycles. The van der Waals surface area contributed by atoms with Crippen LogP contribution in [0, 0.1) is 23.5 Å². The molecule has 5 nitrogen and oxygen atoms in total. The Bertz CT molecular complexity index is 664. The zero-order valence-electron chi connectivity index (χ0n) is 12.9. The highest BCUT2D eigenvalue weighted by atomic mass is 32.2. The molecule has 120 valence electrons. The molecule has 1 aliphatic rings. The summed E-state index contributed by atoms with van der Waals surface area (Å²) >= 11 is 1.06. The van der Waals surface area contributed by atoms with Crippen LogP contribution in [-0.2, 0) is 14.3 Å². The monoisotopic (exact) mass is 330 g/mol. The van der Waals surface area contributed by atoms with Crippen LogP contribution in [0.15, 0.2) is 35.2 Å². The molecular formula is C17H18N2O3S. The van der Waals surface area contributed by atoms with Gasteiger partial charge in [-0.3, -0.25) is 9.59 Å². The molecule has 0 aromatic heterocycles. The first-order chi connectivity index (χ1) is 11.1. The van der Waals surface area contributed by atoms with E-state index in [0.29, 0.717) is 12.1 Å². The fourth-order valence-electron chi connectivity index (χ4n) is 2.36. The minimum Gasteiger partial charge on any atom is -0.456 e. The van der Waals surface area contributed by atoms with Crippen molar-refractivity contribution in [1.29, 1.82) is 5.26 Å². The van der Waals surface area contributed by atoms with Gasteiger partial charge in [0.1, 0.15) is 5.40 Å². The normalized spacial score (nSPS) is 15.9. The summed E-state index contributed by atoms with van der Waals surface area (Å²) in [5, 5.41) is 13.3. The van der Waals surface area contributed by atoms with E-state index in [1.54, 1.807) is 12.1 Å². The molecule has 0 radical (unpaired) electrons. The number of rotatable bonds is 6. The summed E-state index contributed by atoms with van der Waals surface area (Å²) in [5.74, 6) is -0.490. The molecule has 0 unspecified atom stereocenters. The van der Waals surface area contributed by atoms with Crippen LogP contribution in [0.25, 0.3) is 0 Å². The molecule has 6 heteroatoms. The van der Waals surface area contributed by atoms with Crippen molar-refractivity contribution < 1.29 is 14.3 Å². The lowest BCUT2D eigenvalue weighted by atomic mass is 10.1. The largest absolute Gasteiger partial charge is 0.456 e. The van der Waals surface area contributed by atoms with Gasteiger partial charge >= 0.3 is 5.97 Å². The van der Waals surface area contributed by atoms with E-state index in [0.717, 1.165) is 35.1 Å². The molecule has 1 N–H and O–H groups in total. The zero-order chi connectivity index (χ0) is 16.7. The lowest BCUT2D eigenvalue weighted by Gasteiger charge is -2.10. The highest BCUT2D eigenvalue weighted by molar-refractivity contribution is 8.03. The Morgan fingerprint density at radius 2 is 2.30 bits per heavy atom. The molecule has 1 amide bonds. The van der Waals surface area contributed by atoms with Gasteiger partial charge in [-0.15, -0.1) is 0 Å². The lowest BCUT2D eigenvalue weighted by Crippen LogP contribution is -2.22. The van der Waals surface area contributed by atoms with Crippen LogP contribution in [0.5, 0.6) is 0 Å². The second-order valence-corrected chi connectivity index (χ2v) is 6.21. The number of nitriles is 1. The molecule has 0 bridgehead atoms. The molecule has 1 aromatic carbocycles. The van der Waals surface area contributed by atoms with Crippen molar-refractivity contribution in [1.82, 2.24) is 0 Å². The number of nitrogens with one attached hydrogen (secondary N) is 1. The predicted molar refractivity (Wildman–Crippen MR) is 88.7 cm³/mol. The Morgan fingerprint density at radius 3 is 2.96 bits per heavy atom. The number of nitrogens with zero attached hydrogens (tertiary/aromatic N) is 1. The van der Waals surface area contributed by atoms with Gasteiger partial charge in [-0.1, -0.05) is 12.2 Å². The minimum absolute atomic E-state index is 0.234. The van der Waals surface area contributed by atoms with E-state index in [1.165, 1.54) is 0 Å². The first kappa shape index (κ1) is 17.1. The maximum absolute atomic E-state index is 11.9. The maximum atomic E-state index is 11.9. The van der Waals surface area contributed by atoms with E-state index < -0.39 is 0 Å². The van der Waals surface area contributed by atoms with Gasteiger partial charge in [-0.05, 0) is 61.2 Å². The standard InChI is InChI=1S/C17H18N2O3S/c1-12-8-14(23-11-18)6-7-15(12)19-16(20)10-22-17(21)9-13-4-2-3-5-13/h2,4,6-8,13H,3,5,9-10H2,1H3,(H,19,20)/t13-/m0/s1. The van der Waals surface area contributed by atoms with Gasteiger partial charge in [0.2, 0.25) is 0 Å². The summed E-state index contributed by atoms with van der Waals surface area (Å²) in [6, 6.07) is 5.31. The number of allylic oxidation sites excluding steroid dienone is 2. The molecule has 0 aliphatic heterocycles. The van der Waals surface area contributed by atoms with Gasteiger partial charge in [-0.25, -0.2) is 0 Å². The summed E-state index contributed by atoms with van der Waals surface area (Å²) in [6.45, 7) is 1.55. The average molecular weight is 330 g/mol. The van der Waals surface area contributed by atoms with Crippen molar-refractivity contribution >= 4 is 29.3 Å². The first-order valence-electron chi connectivity index (χ1n) is 7.37. The fourth-order valence-corrected chi connectivity index (χ4v) is 2.84. The minimum atomic E-state index is -0.371. The van der Waals surface area contributed by atoms with Crippen LogP contribution in [0.4, 0.5) is 5.69 Å². The second-order valence-electron chi connectivity index (χ2n) is 5.35. The number of amides is 1. The third-order valence-corrected chi connectivity index (χ3v) is 4.12. The quantitative estimate of drug-likeness (QED) is 0.374. The molecule has 0 saturated carbocycles. The van der Waals surface area contributed by atoms with Gasteiger partial charge in [0.25, 0.3) is 5.91 Å². The molecule has 1 aromatic rings. The van der Waals surface area contributed by atoms with Crippen molar-refractivity contribution in [2.45, 2.75) is 31.1 Å². The maximum Gasteiger partial charge on any atom is 0.306 e. The molecule has 0 heterocycles. The highest BCUT2D eigenvalue weighted by Gasteiger charge is 2.16. The third kappa shape index (κ3) is 5.46. The van der Waals surface area contributed by atoms with E-state index in [-0.39, 0.29) is 24.4 Å². The van der Waals surface area contributed by atoms with Gasteiger partial charge < -0.3 is 10.1 Å². The van der Waals surface area contributed by atoms with E-state index in [2.05, 4.69) is 11.4 Å². The second kappa shape index (κ2) is 8.39. The SMILES string of the molecule is Cc1cc(SC#N)ccc1NC(=O)COC(=O)C[C@H]1C=CCC1. The van der Waals surface area contributed by atoms with E-state index >= 15 is 0 Å². The summed E-state index contributed by atoms with van der Waals surface area (Å²) in [6.07, 6.45) is 6.36. The summed E-state index contributed by atoms with van der Waals surface area (Å²) in [5.41, 5.74) is 1.49. The Kier molecular flexibility index (Phi) is 6.24. The van der Waals surface area contributed by atoms with Crippen LogP contribution in [0.2, 0.25) is 0 Å². The fraction of sp³-hybridized carbons (Fsp3) is 0.353.